The second-order valence-electron chi connectivity index (χ2n) is 5.06. The third-order valence-electron chi connectivity index (χ3n) is 3.42. The highest BCUT2D eigenvalue weighted by atomic mass is 19.3. The lowest BCUT2D eigenvalue weighted by molar-refractivity contribution is 0.0929. The molecule has 1 aromatic carbocycles. The van der Waals surface area contributed by atoms with Gasteiger partial charge in [0, 0.05) is 5.69 Å². The number of hydrogen-bond acceptors (Lipinski definition) is 1. The molecule has 0 radical (unpaired) electrons. The summed E-state index contributed by atoms with van der Waals surface area (Å²) in [4.78, 5) is 11.8. The number of para-hydroxylation sites is 1. The van der Waals surface area contributed by atoms with E-state index < -0.39 is 18.5 Å². The zero-order chi connectivity index (χ0) is 14.0. The summed E-state index contributed by atoms with van der Waals surface area (Å²) in [7, 11) is 0. The molecular weight excluding hydrogens is 250 g/mol. The van der Waals surface area contributed by atoms with Crippen LogP contribution in [0.25, 0.3) is 0 Å². The lowest BCUT2D eigenvalue weighted by Gasteiger charge is -2.19. The number of aryl methyl sites for hydroxylation is 2. The smallest absolute Gasteiger partial charge is 0.319 e. The van der Waals surface area contributed by atoms with E-state index in [2.05, 4.69) is 10.6 Å². The van der Waals surface area contributed by atoms with Crippen LogP contribution in [0.15, 0.2) is 18.2 Å². The number of nitrogens with one attached hydrogen (secondary N) is 2. The van der Waals surface area contributed by atoms with Crippen molar-refractivity contribution in [3.8, 4) is 0 Å². The summed E-state index contributed by atoms with van der Waals surface area (Å²) < 4.78 is 25.6. The molecule has 19 heavy (non-hydrogen) atoms. The van der Waals surface area contributed by atoms with E-state index in [9.17, 15) is 13.6 Å². The van der Waals surface area contributed by atoms with Crippen LogP contribution in [0.2, 0.25) is 0 Å². The van der Waals surface area contributed by atoms with Crippen molar-refractivity contribution in [2.45, 2.75) is 39.2 Å². The first-order valence-electron chi connectivity index (χ1n) is 6.41. The van der Waals surface area contributed by atoms with Gasteiger partial charge in [0.2, 0.25) is 0 Å². The van der Waals surface area contributed by atoms with Crippen molar-refractivity contribution in [3.05, 3.63) is 29.3 Å². The molecule has 0 aromatic heterocycles. The third-order valence-corrected chi connectivity index (χ3v) is 3.42. The number of carbonyl (C=O) groups is 1. The fraction of sp³-hybridized carbons (Fsp3) is 0.500. The summed E-state index contributed by atoms with van der Waals surface area (Å²) in [5.41, 5.74) is 2.51. The van der Waals surface area contributed by atoms with Crippen molar-refractivity contribution >= 4 is 11.7 Å². The Morgan fingerprint density at radius 1 is 1.26 bits per heavy atom. The number of benzene rings is 1. The maximum absolute atomic E-state index is 12.8. The number of rotatable bonds is 4. The zero-order valence-electron chi connectivity index (χ0n) is 11.0. The fourth-order valence-corrected chi connectivity index (χ4v) is 2.15. The summed E-state index contributed by atoms with van der Waals surface area (Å²) in [6, 6.07) is 4.03. The summed E-state index contributed by atoms with van der Waals surface area (Å²) in [6.45, 7) is 3.74. The first kappa shape index (κ1) is 13.8. The van der Waals surface area contributed by atoms with Crippen molar-refractivity contribution in [2.75, 3.05) is 5.32 Å². The minimum absolute atomic E-state index is 0.0799. The first-order chi connectivity index (χ1) is 8.99. The van der Waals surface area contributed by atoms with E-state index in [0.29, 0.717) is 5.69 Å². The quantitative estimate of drug-likeness (QED) is 0.862. The lowest BCUT2D eigenvalue weighted by Crippen LogP contribution is -2.43. The number of urea groups is 1. The molecule has 2 N–H and O–H groups in total. The van der Waals surface area contributed by atoms with Crippen LogP contribution in [0.1, 0.15) is 24.0 Å². The molecule has 1 fully saturated rings. The van der Waals surface area contributed by atoms with Gasteiger partial charge in [-0.3, -0.25) is 0 Å². The minimum Gasteiger partial charge on any atom is -0.329 e. The summed E-state index contributed by atoms with van der Waals surface area (Å²) in [6.07, 6.45) is -0.992. The molecule has 5 heteroatoms. The van der Waals surface area contributed by atoms with Crippen molar-refractivity contribution in [2.24, 2.45) is 5.92 Å². The van der Waals surface area contributed by atoms with Crippen molar-refractivity contribution in [1.29, 1.82) is 0 Å². The second-order valence-corrected chi connectivity index (χ2v) is 5.06. The number of alkyl halides is 2. The molecule has 2 rings (SSSR count). The minimum atomic E-state index is -2.52. The molecule has 3 nitrogen and oxygen atoms in total. The van der Waals surface area contributed by atoms with Crippen LogP contribution < -0.4 is 10.6 Å². The predicted octanol–water partition coefficient (Wildman–Crippen LogP) is 3.47. The van der Waals surface area contributed by atoms with Gasteiger partial charge < -0.3 is 10.6 Å². The molecule has 104 valence electrons. The molecule has 1 aliphatic rings. The van der Waals surface area contributed by atoms with E-state index in [1.807, 2.05) is 32.0 Å². The van der Waals surface area contributed by atoms with E-state index >= 15 is 0 Å². The first-order valence-corrected chi connectivity index (χ1v) is 6.41. The molecule has 1 saturated carbocycles. The number of hydrogen-bond donors (Lipinski definition) is 2. The van der Waals surface area contributed by atoms with Crippen LogP contribution in [0, 0.1) is 19.8 Å². The predicted molar refractivity (Wildman–Crippen MR) is 70.6 cm³/mol. The lowest BCUT2D eigenvalue weighted by atomic mass is 10.1. The molecule has 1 atom stereocenters. The zero-order valence-corrected chi connectivity index (χ0v) is 11.0. The average Bonchev–Trinajstić information content (AvgIpc) is 3.15. The maximum Gasteiger partial charge on any atom is 0.319 e. The molecule has 0 heterocycles. The molecule has 1 aliphatic carbocycles. The monoisotopic (exact) mass is 268 g/mol. The Bertz CT molecular complexity index is 450. The Hall–Kier alpha value is -1.65. The van der Waals surface area contributed by atoms with Crippen molar-refractivity contribution in [1.82, 2.24) is 5.32 Å². The number of carbonyl (C=O) groups excluding carboxylic acids is 1. The van der Waals surface area contributed by atoms with E-state index in [1.54, 1.807) is 0 Å². The second kappa shape index (κ2) is 5.55. The molecule has 0 saturated heterocycles. The number of amides is 2. The largest absolute Gasteiger partial charge is 0.329 e. The molecule has 1 aromatic rings. The highest BCUT2D eigenvalue weighted by Gasteiger charge is 2.38. The van der Waals surface area contributed by atoms with Crippen LogP contribution >= 0.6 is 0 Å². The van der Waals surface area contributed by atoms with Gasteiger partial charge in [0.25, 0.3) is 6.43 Å². The highest BCUT2D eigenvalue weighted by molar-refractivity contribution is 5.91. The molecular formula is C14H18F2N2O. The maximum atomic E-state index is 12.8. The molecule has 0 bridgehead atoms. The Kier molecular flexibility index (Phi) is 4.02. The van der Waals surface area contributed by atoms with Gasteiger partial charge in [0.1, 0.15) is 0 Å². The Morgan fingerprint density at radius 2 is 1.84 bits per heavy atom. The van der Waals surface area contributed by atoms with Crippen LogP contribution in [-0.4, -0.2) is 18.5 Å². The topological polar surface area (TPSA) is 41.1 Å². The van der Waals surface area contributed by atoms with Crippen molar-refractivity contribution < 1.29 is 13.6 Å². The van der Waals surface area contributed by atoms with E-state index in [1.165, 1.54) is 0 Å². The third kappa shape index (κ3) is 3.43. The van der Waals surface area contributed by atoms with E-state index in [4.69, 9.17) is 0 Å². The fourth-order valence-electron chi connectivity index (χ4n) is 2.15. The van der Waals surface area contributed by atoms with Crippen molar-refractivity contribution in [3.63, 3.8) is 0 Å². The number of anilines is 1. The standard InChI is InChI=1S/C14H18F2N2O/c1-8-4-3-5-9(2)11(8)17-14(19)18-12(13(15)16)10-6-7-10/h3-5,10,12-13H,6-7H2,1-2H3,(H2,17,18,19). The average molecular weight is 268 g/mol. The molecule has 0 aliphatic heterocycles. The van der Waals surface area contributed by atoms with Crippen LogP contribution in [0.3, 0.4) is 0 Å². The van der Waals surface area contributed by atoms with E-state index in [-0.39, 0.29) is 5.92 Å². The summed E-state index contributed by atoms with van der Waals surface area (Å²) in [5.74, 6) is -0.0799. The van der Waals surface area contributed by atoms with Crippen LogP contribution in [0.4, 0.5) is 19.3 Å². The van der Waals surface area contributed by atoms with Gasteiger partial charge >= 0.3 is 6.03 Å². The summed E-state index contributed by atoms with van der Waals surface area (Å²) in [5, 5.41) is 5.04. The molecule has 2 amide bonds. The highest BCUT2D eigenvalue weighted by Crippen LogP contribution is 2.35. The normalized spacial score (nSPS) is 16.3. The van der Waals surface area contributed by atoms with Gasteiger partial charge in [-0.25, -0.2) is 13.6 Å². The summed E-state index contributed by atoms with van der Waals surface area (Å²) >= 11 is 0. The van der Waals surface area contributed by atoms with Gasteiger partial charge in [0.05, 0.1) is 6.04 Å². The van der Waals surface area contributed by atoms with E-state index in [0.717, 1.165) is 24.0 Å². The molecule has 0 spiro atoms. The van der Waals surface area contributed by atoms with Gasteiger partial charge in [-0.15, -0.1) is 0 Å². The van der Waals surface area contributed by atoms with Gasteiger partial charge in [0.15, 0.2) is 0 Å². The van der Waals surface area contributed by atoms with Gasteiger partial charge in [-0.1, -0.05) is 18.2 Å². The van der Waals surface area contributed by atoms with Crippen LogP contribution in [-0.2, 0) is 0 Å². The number of halogens is 2. The Balaban J connectivity index is 2.01. The SMILES string of the molecule is Cc1cccc(C)c1NC(=O)NC(C(F)F)C1CC1. The Labute approximate surface area is 111 Å². The van der Waals surface area contributed by atoms with Gasteiger partial charge in [-0.05, 0) is 43.7 Å². The molecule has 1 unspecified atom stereocenters. The Morgan fingerprint density at radius 3 is 2.32 bits per heavy atom. The van der Waals surface area contributed by atoms with Gasteiger partial charge in [-0.2, -0.15) is 0 Å². The van der Waals surface area contributed by atoms with Crippen LogP contribution in [0.5, 0.6) is 0 Å².